The van der Waals surface area contributed by atoms with Gasteiger partial charge in [-0.05, 0) is 26.0 Å². The Morgan fingerprint density at radius 1 is 0.736 bits per heavy atom. The van der Waals surface area contributed by atoms with Crippen molar-refractivity contribution in [3.63, 3.8) is 0 Å². The van der Waals surface area contributed by atoms with Crippen LogP contribution in [0, 0.1) is 11.6 Å². The number of imidazole rings is 2. The lowest BCUT2D eigenvalue weighted by Gasteiger charge is -2.41. The molecule has 6 aromatic heterocycles. The molecule has 2 aromatic carbocycles. The third kappa shape index (κ3) is 11.0. The minimum atomic E-state index is -1.02. The van der Waals surface area contributed by atoms with Crippen LogP contribution in [-0.4, -0.2) is 147 Å². The zero-order valence-electron chi connectivity index (χ0n) is 38.6. The van der Waals surface area contributed by atoms with Crippen LogP contribution in [0.5, 0.6) is 11.5 Å². The summed E-state index contributed by atoms with van der Waals surface area (Å²) >= 11 is 11.9. The topological polar surface area (TPSA) is 291 Å². The van der Waals surface area contributed by atoms with Crippen molar-refractivity contribution in [3.05, 3.63) is 83.4 Å². The summed E-state index contributed by atoms with van der Waals surface area (Å²) in [5.41, 5.74) is 14.6. The van der Waals surface area contributed by atoms with Crippen molar-refractivity contribution in [2.24, 2.45) is 0 Å². The monoisotopic (exact) mass is 1030 g/mol. The Labute approximate surface area is 420 Å². The average Bonchev–Trinajstić information content (AvgIpc) is 4.18. The van der Waals surface area contributed by atoms with Crippen LogP contribution in [0.25, 0.3) is 45.1 Å². The van der Waals surface area contributed by atoms with Gasteiger partial charge in [0.25, 0.3) is 0 Å². The van der Waals surface area contributed by atoms with Crippen LogP contribution >= 0.6 is 23.2 Å². The number of aromatic nitrogens is 12. The number of hydrogen-bond donors (Lipinski definition) is 6. The quantitative estimate of drug-likeness (QED) is 0.103. The van der Waals surface area contributed by atoms with Crippen molar-refractivity contribution in [2.45, 2.75) is 46.4 Å². The maximum absolute atomic E-state index is 14.6. The lowest BCUT2D eigenvalue weighted by atomic mass is 10.1. The Bertz CT molecular complexity index is 3170. The second kappa shape index (κ2) is 22.5. The second-order valence-corrected chi connectivity index (χ2v) is 17.1. The molecule has 8 aromatic rings. The fourth-order valence-electron chi connectivity index (χ4n) is 8.28. The number of carbonyl (C=O) groups is 2. The van der Waals surface area contributed by atoms with Gasteiger partial charge in [0.05, 0.1) is 46.4 Å². The molecule has 8 heterocycles. The summed E-state index contributed by atoms with van der Waals surface area (Å²) in [5.74, 6) is 0.476. The van der Waals surface area contributed by atoms with E-state index in [4.69, 9.17) is 49.2 Å². The Morgan fingerprint density at radius 2 is 1.24 bits per heavy atom. The van der Waals surface area contributed by atoms with E-state index in [-0.39, 0.29) is 54.9 Å². The number of nitrogens with one attached hydrogen (secondary N) is 3. The van der Waals surface area contributed by atoms with Gasteiger partial charge in [-0.25, -0.2) is 48.0 Å². The van der Waals surface area contributed by atoms with Crippen LogP contribution in [0.2, 0.25) is 10.0 Å². The number of hydrogen-bond acceptors (Lipinski definition) is 17. The molecule has 0 unspecified atom stereocenters. The summed E-state index contributed by atoms with van der Waals surface area (Å²) in [5, 5.41) is 22.5. The Balaban J connectivity index is 0.000000173. The van der Waals surface area contributed by atoms with E-state index in [0.29, 0.717) is 98.7 Å². The van der Waals surface area contributed by atoms with E-state index < -0.39 is 11.8 Å². The van der Waals surface area contributed by atoms with Gasteiger partial charge < -0.3 is 56.0 Å². The standard InChI is InChI=1S/C22H23ClFN9O2.C12H16ClFN2O.C10H9N7O2.CH4/c1-12-9-31(15-8-16(35-2)13(23)7-14(15)24)5-6-32(12)17(34)10-33-22-18(20(25)28-11-29-22)19(30-33)21-26-3-4-27-21;1-8-7-16(4-3-15-8)11-6-12(17-2)9(13)5-10(11)14;11-8-6-7(9-12-1-2-13-9)16-17(3-5(18)19)10(6)15-4-14-8;/h3-4,7-8,11-12H,5-6,9-10H2,1-2H3,(H,26,27)(H2,25,28,29);5-6,8,15H,3-4,7H2,1-2H3;1-2,4H,3H2,(H,12,13)(H,18,19)(H2,11,14,15);1H4/t12-;8-;;/m00../s1. The molecule has 0 radical (unpaired) electrons. The first-order chi connectivity index (χ1) is 34.1. The van der Waals surface area contributed by atoms with Crippen molar-refractivity contribution < 1.29 is 33.0 Å². The molecule has 23 nitrogen and oxygen atoms in total. The molecule has 0 bridgehead atoms. The zero-order chi connectivity index (χ0) is 50.5. The first kappa shape index (κ1) is 51.9. The molecular weight excluding hydrogens is 982 g/mol. The number of benzene rings is 2. The number of aliphatic carboxylic acids is 1. The molecule has 2 saturated heterocycles. The summed E-state index contributed by atoms with van der Waals surface area (Å²) in [7, 11) is 3.01. The first-order valence-corrected chi connectivity index (χ1v) is 22.6. The molecule has 0 saturated carbocycles. The number of nitrogens with zero attached hydrogens (tertiary/aromatic N) is 13. The minimum absolute atomic E-state index is 0. The number of piperazine rings is 2. The van der Waals surface area contributed by atoms with Gasteiger partial charge in [0.2, 0.25) is 5.91 Å². The second-order valence-electron chi connectivity index (χ2n) is 16.3. The van der Waals surface area contributed by atoms with Crippen LogP contribution in [0.15, 0.2) is 61.7 Å². The van der Waals surface area contributed by atoms with Crippen LogP contribution in [-0.2, 0) is 22.7 Å². The van der Waals surface area contributed by atoms with Gasteiger partial charge in [0, 0.05) is 88.3 Å². The van der Waals surface area contributed by atoms with Gasteiger partial charge in [0.15, 0.2) is 22.9 Å². The summed E-state index contributed by atoms with van der Waals surface area (Å²) in [6.45, 7) is 7.37. The molecule has 10 rings (SSSR count). The highest BCUT2D eigenvalue weighted by Crippen LogP contribution is 2.35. The number of amides is 1. The van der Waals surface area contributed by atoms with Gasteiger partial charge >= 0.3 is 5.97 Å². The van der Waals surface area contributed by atoms with E-state index in [0.717, 1.165) is 19.6 Å². The molecule has 2 aliphatic heterocycles. The number of nitrogen functional groups attached to an aromatic ring is 2. The lowest BCUT2D eigenvalue weighted by Crippen LogP contribution is -2.55. The summed E-state index contributed by atoms with van der Waals surface area (Å²) < 4.78 is 41.6. The predicted octanol–water partition coefficient (Wildman–Crippen LogP) is 5.14. The van der Waals surface area contributed by atoms with Crippen molar-refractivity contribution in [3.8, 4) is 34.5 Å². The number of fused-ring (bicyclic) bond motifs is 2. The number of rotatable bonds is 10. The molecule has 1 amide bonds. The fraction of sp³-hybridized carbons (Fsp3) is 0.333. The van der Waals surface area contributed by atoms with Gasteiger partial charge in [-0.1, -0.05) is 30.6 Å². The van der Waals surface area contributed by atoms with E-state index in [9.17, 15) is 18.4 Å². The smallest absolute Gasteiger partial charge is 0.325 e. The van der Waals surface area contributed by atoms with E-state index in [1.165, 1.54) is 48.4 Å². The summed E-state index contributed by atoms with van der Waals surface area (Å²) in [4.78, 5) is 60.3. The molecule has 380 valence electrons. The van der Waals surface area contributed by atoms with Gasteiger partial charge in [-0.15, -0.1) is 0 Å². The van der Waals surface area contributed by atoms with Gasteiger partial charge in [-0.2, -0.15) is 10.2 Å². The van der Waals surface area contributed by atoms with Crippen LogP contribution < -0.4 is 36.1 Å². The number of ether oxygens (including phenoxy) is 2. The van der Waals surface area contributed by atoms with Crippen LogP contribution in [0.1, 0.15) is 21.3 Å². The van der Waals surface area contributed by atoms with Crippen LogP contribution in [0.3, 0.4) is 0 Å². The number of aromatic amines is 2. The molecule has 8 N–H and O–H groups in total. The maximum atomic E-state index is 14.6. The highest BCUT2D eigenvalue weighted by atomic mass is 35.5. The van der Waals surface area contributed by atoms with E-state index in [1.807, 2.05) is 16.7 Å². The Morgan fingerprint density at radius 3 is 1.68 bits per heavy atom. The molecule has 27 heteroatoms. The largest absolute Gasteiger partial charge is 0.495 e. The fourth-order valence-corrected chi connectivity index (χ4v) is 8.74. The number of halogens is 4. The highest BCUT2D eigenvalue weighted by molar-refractivity contribution is 6.32. The zero-order valence-corrected chi connectivity index (χ0v) is 40.2. The van der Waals surface area contributed by atoms with Crippen molar-refractivity contribution >= 4 is 80.2 Å². The first-order valence-electron chi connectivity index (χ1n) is 21.9. The molecule has 2 atom stereocenters. The van der Waals surface area contributed by atoms with Gasteiger partial charge in [-0.3, -0.25) is 9.59 Å². The minimum Gasteiger partial charge on any atom is -0.495 e. The number of H-pyrrole nitrogens is 2. The SMILES string of the molecule is C.COc1cc(N2CCN(C(=O)Cn3nc(-c4ncc[nH]4)c4c(N)ncnc43)[C@@H](C)C2)c(F)cc1Cl.COc1cc(N2CCN[C@@H](C)C2)c(F)cc1Cl.Nc1ncnc2c1c(-c1ncc[nH]1)nn2CC(=O)O. The molecule has 2 fully saturated rings. The highest BCUT2D eigenvalue weighted by Gasteiger charge is 2.31. The number of carbonyl (C=O) groups excluding carboxylic acids is 1. The number of anilines is 4. The van der Waals surface area contributed by atoms with Crippen molar-refractivity contribution in [1.82, 2.24) is 69.6 Å². The molecule has 2 aliphatic rings. The average molecular weight is 1030 g/mol. The maximum Gasteiger partial charge on any atom is 0.325 e. The molecule has 0 spiro atoms. The number of carboxylic acid groups (broad SMARTS) is 1. The van der Waals surface area contributed by atoms with E-state index in [2.05, 4.69) is 62.3 Å². The van der Waals surface area contributed by atoms with Gasteiger partial charge in [0.1, 0.15) is 71.9 Å². The van der Waals surface area contributed by atoms with Crippen molar-refractivity contribution in [1.29, 1.82) is 0 Å². The number of carboxylic acids is 1. The normalized spacial score (nSPS) is 15.6. The van der Waals surface area contributed by atoms with E-state index >= 15 is 0 Å². The summed E-state index contributed by atoms with van der Waals surface area (Å²) in [6, 6.07) is 5.97. The Kier molecular flexibility index (Phi) is 16.2. The third-order valence-corrected chi connectivity index (χ3v) is 12.2. The van der Waals surface area contributed by atoms with Crippen molar-refractivity contribution in [2.75, 3.05) is 74.8 Å². The third-order valence-electron chi connectivity index (χ3n) is 11.6. The number of methoxy groups -OCH3 is 2. The van der Waals surface area contributed by atoms with E-state index in [1.54, 1.807) is 41.8 Å². The Hall–Kier alpha value is -7.90. The molecular formula is C45H52Cl2F2N18O5. The summed E-state index contributed by atoms with van der Waals surface area (Å²) in [6.07, 6.45) is 9.08. The molecule has 0 aliphatic carbocycles. The lowest BCUT2D eigenvalue weighted by molar-refractivity contribution is -0.138. The van der Waals surface area contributed by atoms with Crippen LogP contribution in [0.4, 0.5) is 31.8 Å². The number of nitrogens with two attached hydrogens (primary N) is 2. The predicted molar refractivity (Wildman–Crippen MR) is 268 cm³/mol. The molecule has 72 heavy (non-hydrogen) atoms.